The lowest BCUT2D eigenvalue weighted by molar-refractivity contribution is 0.101. The minimum atomic E-state index is -1.84. The van der Waals surface area contributed by atoms with Crippen molar-refractivity contribution < 1.29 is 23.1 Å². The van der Waals surface area contributed by atoms with Crippen LogP contribution in [0.4, 0.5) is 13.2 Å². The highest BCUT2D eigenvalue weighted by Gasteiger charge is 2.20. The summed E-state index contributed by atoms with van der Waals surface area (Å²) in [6.07, 6.45) is 0. The first kappa shape index (κ1) is 9.57. The number of aromatic hydroxyl groups is 1. The number of hydrogen-bond donors (Lipinski definition) is 1. The Bertz CT molecular complexity index is 374. The molecule has 0 aliphatic heterocycles. The summed E-state index contributed by atoms with van der Waals surface area (Å²) >= 11 is 0. The molecule has 1 rings (SSSR count). The molecule has 1 aromatic rings. The van der Waals surface area contributed by atoms with Gasteiger partial charge in [-0.1, -0.05) is 0 Å². The fourth-order valence-electron chi connectivity index (χ4n) is 0.847. The van der Waals surface area contributed by atoms with Crippen LogP contribution in [-0.2, 0) is 0 Å². The normalized spacial score (nSPS) is 10.2. The van der Waals surface area contributed by atoms with Gasteiger partial charge in [0.1, 0.15) is 0 Å². The number of phenols is 1. The topological polar surface area (TPSA) is 37.3 Å². The average Bonchev–Trinajstić information content (AvgIpc) is 2.07. The zero-order valence-electron chi connectivity index (χ0n) is 6.57. The number of hydrogen-bond acceptors (Lipinski definition) is 2. The molecule has 0 spiro atoms. The van der Waals surface area contributed by atoms with E-state index in [1.54, 1.807) is 0 Å². The van der Waals surface area contributed by atoms with Gasteiger partial charge in [-0.3, -0.25) is 4.79 Å². The lowest BCUT2D eigenvalue weighted by Gasteiger charge is -2.02. The van der Waals surface area contributed by atoms with Crippen molar-refractivity contribution in [3.63, 3.8) is 0 Å². The predicted molar refractivity (Wildman–Crippen MR) is 38.0 cm³/mol. The summed E-state index contributed by atoms with van der Waals surface area (Å²) < 4.78 is 37.8. The van der Waals surface area contributed by atoms with Gasteiger partial charge in [-0.2, -0.15) is 4.39 Å². The number of benzene rings is 1. The summed E-state index contributed by atoms with van der Waals surface area (Å²) in [5.74, 6) is -6.98. The fraction of sp³-hybridized carbons (Fsp3) is 0.125. The quantitative estimate of drug-likeness (QED) is 0.543. The second kappa shape index (κ2) is 3.08. The third kappa shape index (κ3) is 1.49. The molecule has 0 aliphatic rings. The van der Waals surface area contributed by atoms with Gasteiger partial charge in [0.05, 0.1) is 5.56 Å². The summed E-state index contributed by atoms with van der Waals surface area (Å²) in [6.45, 7) is 0.981. The van der Waals surface area contributed by atoms with Crippen LogP contribution in [0.2, 0.25) is 0 Å². The van der Waals surface area contributed by atoms with Gasteiger partial charge in [0.25, 0.3) is 0 Å². The molecular formula is C8H5F3O2. The monoisotopic (exact) mass is 190 g/mol. The van der Waals surface area contributed by atoms with E-state index in [9.17, 15) is 18.0 Å². The molecule has 0 fully saturated rings. The van der Waals surface area contributed by atoms with E-state index in [0.29, 0.717) is 6.07 Å². The van der Waals surface area contributed by atoms with Crippen molar-refractivity contribution in [3.8, 4) is 5.75 Å². The van der Waals surface area contributed by atoms with Crippen LogP contribution >= 0.6 is 0 Å². The Kier molecular flexibility index (Phi) is 2.27. The Balaban J connectivity index is 3.50. The van der Waals surface area contributed by atoms with Gasteiger partial charge >= 0.3 is 0 Å². The van der Waals surface area contributed by atoms with E-state index in [1.807, 2.05) is 0 Å². The zero-order valence-corrected chi connectivity index (χ0v) is 6.57. The van der Waals surface area contributed by atoms with Gasteiger partial charge in [-0.25, -0.2) is 8.78 Å². The van der Waals surface area contributed by atoms with Crippen LogP contribution in [-0.4, -0.2) is 10.9 Å². The van der Waals surface area contributed by atoms with E-state index in [2.05, 4.69) is 0 Å². The first-order chi connectivity index (χ1) is 5.95. The van der Waals surface area contributed by atoms with Gasteiger partial charge in [-0.05, 0) is 13.0 Å². The molecule has 13 heavy (non-hydrogen) atoms. The molecule has 0 radical (unpaired) electrons. The molecule has 0 atom stereocenters. The molecule has 0 heterocycles. The van der Waals surface area contributed by atoms with E-state index >= 15 is 0 Å². The maximum atomic E-state index is 12.7. The molecule has 70 valence electrons. The molecule has 0 amide bonds. The maximum Gasteiger partial charge on any atom is 0.203 e. The van der Waals surface area contributed by atoms with E-state index < -0.39 is 34.5 Å². The van der Waals surface area contributed by atoms with Crippen LogP contribution in [0.25, 0.3) is 0 Å². The molecule has 1 N–H and O–H groups in total. The maximum absolute atomic E-state index is 12.7. The van der Waals surface area contributed by atoms with Crippen molar-refractivity contribution in [2.75, 3.05) is 0 Å². The van der Waals surface area contributed by atoms with Crippen molar-refractivity contribution in [3.05, 3.63) is 29.1 Å². The fourth-order valence-corrected chi connectivity index (χ4v) is 0.847. The minimum Gasteiger partial charge on any atom is -0.505 e. The second-order valence-electron chi connectivity index (χ2n) is 2.44. The number of phenolic OH excluding ortho intramolecular Hbond substituents is 1. The molecule has 2 nitrogen and oxygen atoms in total. The number of halogens is 3. The Hall–Kier alpha value is -1.52. The molecule has 5 heteroatoms. The molecule has 0 unspecified atom stereocenters. The Morgan fingerprint density at radius 1 is 1.23 bits per heavy atom. The predicted octanol–water partition coefficient (Wildman–Crippen LogP) is 2.01. The highest BCUT2D eigenvalue weighted by atomic mass is 19.2. The van der Waals surface area contributed by atoms with Crippen molar-refractivity contribution in [1.82, 2.24) is 0 Å². The van der Waals surface area contributed by atoms with Crippen molar-refractivity contribution >= 4 is 5.78 Å². The molecule has 1 aromatic carbocycles. The third-order valence-corrected chi connectivity index (χ3v) is 1.51. The number of ketones is 1. The lowest BCUT2D eigenvalue weighted by Crippen LogP contribution is -2.02. The zero-order chi connectivity index (χ0) is 10.2. The van der Waals surface area contributed by atoms with E-state index in [0.717, 1.165) is 6.92 Å². The van der Waals surface area contributed by atoms with E-state index in [-0.39, 0.29) is 0 Å². The number of Topliss-reactive ketones (excluding diaryl/α,β-unsaturated/α-hetero) is 1. The summed E-state index contributed by atoms with van der Waals surface area (Å²) in [7, 11) is 0. The molecule has 0 saturated heterocycles. The molecule has 0 aromatic heterocycles. The summed E-state index contributed by atoms with van der Waals surface area (Å²) in [4.78, 5) is 10.6. The van der Waals surface area contributed by atoms with Crippen LogP contribution < -0.4 is 0 Å². The number of carbonyl (C=O) groups excluding carboxylic acids is 1. The van der Waals surface area contributed by atoms with E-state index in [1.165, 1.54) is 0 Å². The van der Waals surface area contributed by atoms with Gasteiger partial charge in [-0.15, -0.1) is 0 Å². The van der Waals surface area contributed by atoms with Crippen LogP contribution in [0.5, 0.6) is 5.75 Å². The smallest absolute Gasteiger partial charge is 0.203 e. The number of carbonyl (C=O) groups is 1. The molecule has 0 aliphatic carbocycles. The summed E-state index contributed by atoms with van der Waals surface area (Å²) in [6, 6.07) is 0.552. The van der Waals surface area contributed by atoms with Crippen molar-refractivity contribution in [2.45, 2.75) is 6.92 Å². The summed E-state index contributed by atoms with van der Waals surface area (Å²) in [5, 5.41) is 8.72. The minimum absolute atomic E-state index is 0.552. The highest BCUT2D eigenvalue weighted by molar-refractivity contribution is 5.94. The summed E-state index contributed by atoms with van der Waals surface area (Å²) in [5.41, 5.74) is -0.670. The first-order valence-corrected chi connectivity index (χ1v) is 3.32. The molecule has 0 saturated carbocycles. The number of rotatable bonds is 1. The van der Waals surface area contributed by atoms with Crippen molar-refractivity contribution in [2.24, 2.45) is 0 Å². The second-order valence-corrected chi connectivity index (χ2v) is 2.44. The van der Waals surface area contributed by atoms with Crippen LogP contribution in [0.15, 0.2) is 6.07 Å². The first-order valence-electron chi connectivity index (χ1n) is 3.32. The van der Waals surface area contributed by atoms with Gasteiger partial charge in [0.15, 0.2) is 23.2 Å². The van der Waals surface area contributed by atoms with E-state index in [4.69, 9.17) is 5.11 Å². The molecule has 0 bridgehead atoms. The van der Waals surface area contributed by atoms with Gasteiger partial charge in [0.2, 0.25) is 5.82 Å². The highest BCUT2D eigenvalue weighted by Crippen LogP contribution is 2.24. The van der Waals surface area contributed by atoms with Crippen LogP contribution in [0.3, 0.4) is 0 Å². The lowest BCUT2D eigenvalue weighted by atomic mass is 10.1. The third-order valence-electron chi connectivity index (χ3n) is 1.51. The van der Waals surface area contributed by atoms with Gasteiger partial charge < -0.3 is 5.11 Å². The van der Waals surface area contributed by atoms with Gasteiger partial charge in [0, 0.05) is 0 Å². The SMILES string of the molecule is CC(=O)c1cc(O)c(F)c(F)c1F. The Labute approximate surface area is 71.6 Å². The van der Waals surface area contributed by atoms with Crippen molar-refractivity contribution in [1.29, 1.82) is 0 Å². The average molecular weight is 190 g/mol. The van der Waals surface area contributed by atoms with Crippen LogP contribution in [0, 0.1) is 17.5 Å². The largest absolute Gasteiger partial charge is 0.505 e. The Morgan fingerprint density at radius 2 is 1.77 bits per heavy atom. The van der Waals surface area contributed by atoms with Crippen LogP contribution in [0.1, 0.15) is 17.3 Å². The standard InChI is InChI=1S/C8H5F3O2/c1-3(12)4-2-5(13)7(10)8(11)6(4)9/h2,13H,1H3. The Morgan fingerprint density at radius 3 is 2.23 bits per heavy atom. The molecular weight excluding hydrogens is 185 g/mol.